The number of benzene rings is 2. The Hall–Kier alpha value is -3.96. The minimum atomic E-state index is -4.81. The predicted molar refractivity (Wildman–Crippen MR) is 133 cm³/mol. The van der Waals surface area contributed by atoms with Gasteiger partial charge in [0, 0.05) is 42.1 Å². The van der Waals surface area contributed by atoms with Crippen molar-refractivity contribution in [2.75, 3.05) is 4.90 Å². The number of aromatic amines is 1. The van der Waals surface area contributed by atoms with Crippen molar-refractivity contribution >= 4 is 17.5 Å². The quantitative estimate of drug-likeness (QED) is 0.470. The van der Waals surface area contributed by atoms with E-state index in [2.05, 4.69) is 25.4 Å². The number of aryl methyl sites for hydroxylation is 1. The van der Waals surface area contributed by atoms with Gasteiger partial charge in [0.1, 0.15) is 5.75 Å². The molecule has 3 unspecified atom stereocenters. The van der Waals surface area contributed by atoms with E-state index < -0.39 is 6.36 Å². The Kier molecular flexibility index (Phi) is 6.48. The van der Waals surface area contributed by atoms with E-state index in [0.717, 1.165) is 55.5 Å². The van der Waals surface area contributed by atoms with Crippen molar-refractivity contribution < 1.29 is 27.5 Å². The molecule has 2 amide bonds. The van der Waals surface area contributed by atoms with Crippen molar-refractivity contribution in [1.29, 1.82) is 0 Å². The number of hydrogen-bond donors (Lipinski definition) is 1. The van der Waals surface area contributed by atoms with Gasteiger partial charge in [0.15, 0.2) is 5.82 Å². The van der Waals surface area contributed by atoms with E-state index in [0.29, 0.717) is 12.2 Å². The van der Waals surface area contributed by atoms with Gasteiger partial charge in [0.2, 0.25) is 5.91 Å². The highest BCUT2D eigenvalue weighted by molar-refractivity contribution is 6.07. The van der Waals surface area contributed by atoms with Crippen molar-refractivity contribution in [3.05, 3.63) is 65.5 Å². The zero-order valence-corrected chi connectivity index (χ0v) is 21.0. The average Bonchev–Trinajstić information content (AvgIpc) is 3.38. The van der Waals surface area contributed by atoms with E-state index >= 15 is 0 Å². The number of fused-ring (bicyclic) bond motifs is 2. The number of halogens is 3. The normalized spacial score (nSPS) is 22.2. The zero-order chi connectivity index (χ0) is 27.1. The van der Waals surface area contributed by atoms with Crippen LogP contribution in [-0.2, 0) is 11.2 Å². The number of carbonyl (C=O) groups is 2. The summed E-state index contributed by atoms with van der Waals surface area (Å²) in [4.78, 5) is 31.3. The largest absolute Gasteiger partial charge is 0.573 e. The second kappa shape index (κ2) is 9.97. The van der Waals surface area contributed by atoms with Gasteiger partial charge in [-0.2, -0.15) is 5.21 Å². The van der Waals surface area contributed by atoms with E-state index in [1.54, 1.807) is 4.90 Å². The summed E-state index contributed by atoms with van der Waals surface area (Å²) in [6, 6.07) is 12.6. The Labute approximate surface area is 222 Å². The molecule has 0 radical (unpaired) electrons. The van der Waals surface area contributed by atoms with Crippen LogP contribution in [0.25, 0.3) is 0 Å². The first-order chi connectivity index (χ1) is 18.8. The van der Waals surface area contributed by atoms with Crippen LogP contribution in [0.4, 0.5) is 18.9 Å². The van der Waals surface area contributed by atoms with Crippen molar-refractivity contribution in [1.82, 2.24) is 25.5 Å². The summed E-state index contributed by atoms with van der Waals surface area (Å²) in [5.74, 6) is -0.0847. The highest BCUT2D eigenvalue weighted by Gasteiger charge is 2.51. The lowest BCUT2D eigenvalue weighted by Crippen LogP contribution is -2.53. The highest BCUT2D eigenvalue weighted by atomic mass is 19.4. The third-order valence-corrected chi connectivity index (χ3v) is 7.82. The average molecular weight is 541 g/mol. The molecule has 0 spiro atoms. The van der Waals surface area contributed by atoms with Crippen LogP contribution in [0, 0.1) is 5.92 Å². The predicted octanol–water partition coefficient (Wildman–Crippen LogP) is 4.59. The monoisotopic (exact) mass is 540 g/mol. The summed E-state index contributed by atoms with van der Waals surface area (Å²) >= 11 is 0. The number of nitrogens with one attached hydrogen (secondary N) is 1. The maximum Gasteiger partial charge on any atom is 0.573 e. The summed E-state index contributed by atoms with van der Waals surface area (Å²) in [6.45, 7) is 0. The van der Waals surface area contributed by atoms with Crippen LogP contribution in [-0.4, -0.2) is 55.8 Å². The van der Waals surface area contributed by atoms with Gasteiger partial charge >= 0.3 is 6.36 Å². The van der Waals surface area contributed by atoms with Crippen molar-refractivity contribution in [2.45, 2.75) is 69.4 Å². The van der Waals surface area contributed by atoms with Crippen LogP contribution in [0.5, 0.6) is 5.75 Å². The van der Waals surface area contributed by atoms with Crippen LogP contribution in [0.15, 0.2) is 48.5 Å². The summed E-state index contributed by atoms with van der Waals surface area (Å²) in [5.41, 5.74) is 1.94. The van der Waals surface area contributed by atoms with Gasteiger partial charge < -0.3 is 14.5 Å². The van der Waals surface area contributed by atoms with Crippen LogP contribution in [0.2, 0.25) is 0 Å². The van der Waals surface area contributed by atoms with E-state index in [1.807, 2.05) is 29.2 Å². The third kappa shape index (κ3) is 5.07. The first kappa shape index (κ1) is 25.3. The first-order valence-electron chi connectivity index (χ1n) is 13.1. The van der Waals surface area contributed by atoms with Crippen LogP contribution in [0.1, 0.15) is 66.3 Å². The minimum Gasteiger partial charge on any atom is -0.406 e. The molecule has 1 aliphatic heterocycles. The SMILES string of the molecule is O=C(c1ccc(OC(F)(F)F)cc1)N1c2ccccc2C(N(C(=O)CCc2nn[nH]n2)C2CC2)C2CCCC21. The number of para-hydroxylation sites is 1. The van der Waals surface area contributed by atoms with Gasteiger partial charge in [-0.1, -0.05) is 29.8 Å². The molecule has 2 aromatic carbocycles. The number of tetrazole rings is 1. The molecule has 0 bridgehead atoms. The van der Waals surface area contributed by atoms with E-state index in [1.165, 1.54) is 12.1 Å². The minimum absolute atomic E-state index is 0.0350. The molecule has 2 heterocycles. The van der Waals surface area contributed by atoms with Crippen molar-refractivity contribution in [2.24, 2.45) is 5.92 Å². The molecular formula is C27H27F3N6O3. The van der Waals surface area contributed by atoms with Gasteiger partial charge in [0.25, 0.3) is 5.91 Å². The van der Waals surface area contributed by atoms with Crippen LogP contribution >= 0.6 is 0 Å². The molecular weight excluding hydrogens is 513 g/mol. The number of amides is 2. The molecule has 1 aromatic heterocycles. The molecule has 6 rings (SSSR count). The van der Waals surface area contributed by atoms with Gasteiger partial charge in [-0.3, -0.25) is 9.59 Å². The van der Waals surface area contributed by atoms with Crippen LogP contribution in [0.3, 0.4) is 0 Å². The summed E-state index contributed by atoms with van der Waals surface area (Å²) in [6.07, 6.45) is 0.301. The molecule has 2 fully saturated rings. The second-order valence-electron chi connectivity index (χ2n) is 10.3. The molecule has 12 heteroatoms. The summed E-state index contributed by atoms with van der Waals surface area (Å²) in [5, 5.41) is 13.9. The molecule has 39 heavy (non-hydrogen) atoms. The van der Waals surface area contributed by atoms with Crippen LogP contribution < -0.4 is 9.64 Å². The second-order valence-corrected chi connectivity index (χ2v) is 10.3. The number of H-pyrrole nitrogens is 1. The Balaban J connectivity index is 1.32. The molecule has 3 aliphatic rings. The number of carbonyl (C=O) groups excluding carboxylic acids is 2. The number of anilines is 1. The lowest BCUT2D eigenvalue weighted by atomic mass is 9.81. The topological polar surface area (TPSA) is 104 Å². The van der Waals surface area contributed by atoms with E-state index in [4.69, 9.17) is 0 Å². The lowest BCUT2D eigenvalue weighted by molar-refractivity contribution is -0.274. The highest BCUT2D eigenvalue weighted by Crippen LogP contribution is 2.53. The molecule has 1 N–H and O–H groups in total. The number of alkyl halides is 3. The molecule has 204 valence electrons. The Morgan fingerprint density at radius 1 is 1.05 bits per heavy atom. The van der Waals surface area contributed by atoms with E-state index in [-0.39, 0.29) is 53.6 Å². The molecule has 0 saturated heterocycles. The molecule has 3 atom stereocenters. The standard InChI is InChI=1S/C27H27F3N6O3/c28-27(29,30)39-18-12-8-16(9-13-18)26(38)36-21-6-2-1-4-19(21)25(20-5-3-7-22(20)36)35(17-10-11-17)24(37)15-14-23-31-33-34-32-23/h1-2,4,6,8-9,12-13,17,20,22,25H,3,5,7,10-11,14-15H2,(H,31,32,33,34). The number of nitrogens with zero attached hydrogens (tertiary/aromatic N) is 5. The fourth-order valence-electron chi connectivity index (χ4n) is 6.15. The lowest BCUT2D eigenvalue weighted by Gasteiger charge is -2.48. The van der Waals surface area contributed by atoms with Crippen molar-refractivity contribution in [3.8, 4) is 5.75 Å². The van der Waals surface area contributed by atoms with Crippen molar-refractivity contribution in [3.63, 3.8) is 0 Å². The zero-order valence-electron chi connectivity index (χ0n) is 21.0. The first-order valence-corrected chi connectivity index (χ1v) is 13.1. The molecule has 3 aromatic rings. The summed E-state index contributed by atoms with van der Waals surface area (Å²) in [7, 11) is 0. The maximum atomic E-state index is 13.9. The Morgan fingerprint density at radius 3 is 2.51 bits per heavy atom. The number of hydrogen-bond acceptors (Lipinski definition) is 6. The van der Waals surface area contributed by atoms with Gasteiger partial charge in [-0.05, 0) is 61.6 Å². The maximum absolute atomic E-state index is 13.9. The Bertz CT molecular complexity index is 1340. The fraction of sp³-hybridized carbons (Fsp3) is 0.444. The number of rotatable bonds is 7. The van der Waals surface area contributed by atoms with Gasteiger partial charge in [-0.25, -0.2) is 0 Å². The number of aromatic nitrogens is 4. The molecule has 2 aliphatic carbocycles. The smallest absolute Gasteiger partial charge is 0.406 e. The Morgan fingerprint density at radius 2 is 1.82 bits per heavy atom. The molecule has 9 nitrogen and oxygen atoms in total. The van der Waals surface area contributed by atoms with E-state index in [9.17, 15) is 22.8 Å². The molecule has 2 saturated carbocycles. The fourth-order valence-corrected chi connectivity index (χ4v) is 6.15. The number of ether oxygens (including phenoxy) is 1. The van der Waals surface area contributed by atoms with Gasteiger partial charge in [0.05, 0.1) is 6.04 Å². The third-order valence-electron chi connectivity index (χ3n) is 7.82. The van der Waals surface area contributed by atoms with Gasteiger partial charge in [-0.15, -0.1) is 23.4 Å². The summed E-state index contributed by atoms with van der Waals surface area (Å²) < 4.78 is 41.8.